The highest BCUT2D eigenvalue weighted by Gasteiger charge is 2.31. The van der Waals surface area contributed by atoms with Gasteiger partial charge in [0.2, 0.25) is 5.91 Å². The van der Waals surface area contributed by atoms with Gasteiger partial charge >= 0.3 is 11.9 Å². The number of nitrogens with one attached hydrogen (secondary N) is 2. The highest BCUT2D eigenvalue weighted by molar-refractivity contribution is 5.99. The van der Waals surface area contributed by atoms with E-state index in [-0.39, 0.29) is 43.3 Å². The van der Waals surface area contributed by atoms with Gasteiger partial charge in [0, 0.05) is 6.42 Å². The Balaban J connectivity index is 2.17. The molecule has 0 aliphatic carbocycles. The molecule has 36 heavy (non-hydrogen) atoms. The minimum Gasteiger partial charge on any atom is -0.506 e. The summed E-state index contributed by atoms with van der Waals surface area (Å²) < 4.78 is 11.4. The molecular formula is C25H34N4O7. The van der Waals surface area contributed by atoms with Crippen molar-refractivity contribution in [3.05, 3.63) is 41.7 Å². The van der Waals surface area contributed by atoms with Crippen LogP contribution < -0.4 is 10.6 Å². The standard InChI is InChI=1S/C25H34N4O7/c1-6-35-21(31)13-12-18(25(34)36-7-2)27-24(33)22(15(3)4)28-23(32)17-14-26-29(16(17)5)19-10-8-9-11-20(19)30/h8-11,14-15,18,22,30H,6-7,12-13H2,1-5H3,(H,27,33)(H,28,32)/t18-,22+/m1/s1. The molecule has 11 heteroatoms. The molecule has 0 aliphatic rings. The van der Waals surface area contributed by atoms with Gasteiger partial charge in [0.25, 0.3) is 5.91 Å². The molecule has 2 atom stereocenters. The number of hydrogen-bond donors (Lipinski definition) is 3. The highest BCUT2D eigenvalue weighted by Crippen LogP contribution is 2.23. The maximum Gasteiger partial charge on any atom is 0.328 e. The second-order valence-corrected chi connectivity index (χ2v) is 8.40. The van der Waals surface area contributed by atoms with Crippen LogP contribution in [-0.2, 0) is 23.9 Å². The molecule has 2 aromatic rings. The summed E-state index contributed by atoms with van der Waals surface area (Å²) in [4.78, 5) is 50.3. The molecule has 0 bridgehead atoms. The largest absolute Gasteiger partial charge is 0.506 e. The smallest absolute Gasteiger partial charge is 0.328 e. The molecule has 0 unspecified atom stereocenters. The number of phenolic OH excluding ortho intramolecular Hbond substituents is 1. The number of esters is 2. The minimum absolute atomic E-state index is 0.00270. The number of rotatable bonds is 12. The SMILES string of the molecule is CCOC(=O)CC[C@@H](NC(=O)[C@@H](NC(=O)c1cnn(-c2ccccc2O)c1C)C(C)C)C(=O)OCC. The van der Waals surface area contributed by atoms with E-state index in [2.05, 4.69) is 15.7 Å². The molecule has 3 N–H and O–H groups in total. The van der Waals surface area contributed by atoms with Gasteiger partial charge in [-0.25, -0.2) is 9.48 Å². The van der Waals surface area contributed by atoms with Gasteiger partial charge in [0.05, 0.1) is 30.7 Å². The highest BCUT2D eigenvalue weighted by atomic mass is 16.5. The molecule has 11 nitrogen and oxygen atoms in total. The van der Waals surface area contributed by atoms with E-state index in [9.17, 15) is 24.3 Å². The van der Waals surface area contributed by atoms with Crippen LogP contribution in [0.2, 0.25) is 0 Å². The van der Waals surface area contributed by atoms with Crippen LogP contribution in [-0.4, -0.2) is 63.9 Å². The zero-order chi connectivity index (χ0) is 26.8. The quantitative estimate of drug-likeness (QED) is 0.373. The van der Waals surface area contributed by atoms with Crippen molar-refractivity contribution >= 4 is 23.8 Å². The number of phenols is 1. The molecule has 0 fully saturated rings. The van der Waals surface area contributed by atoms with E-state index in [0.717, 1.165) is 0 Å². The third kappa shape index (κ3) is 7.30. The Bertz CT molecular complexity index is 1080. The van der Waals surface area contributed by atoms with Gasteiger partial charge in [-0.1, -0.05) is 26.0 Å². The first kappa shape index (κ1) is 28.3. The number of benzene rings is 1. The Hall–Kier alpha value is -3.89. The molecule has 2 rings (SSSR count). The fourth-order valence-corrected chi connectivity index (χ4v) is 3.52. The molecule has 0 radical (unpaired) electrons. The number of nitrogens with zero attached hydrogens (tertiary/aromatic N) is 2. The number of aromatic nitrogens is 2. The summed E-state index contributed by atoms with van der Waals surface area (Å²) in [7, 11) is 0. The van der Waals surface area contributed by atoms with E-state index in [0.29, 0.717) is 11.4 Å². The first-order valence-corrected chi connectivity index (χ1v) is 11.9. The number of carbonyl (C=O) groups excluding carboxylic acids is 4. The lowest BCUT2D eigenvalue weighted by atomic mass is 10.0. The van der Waals surface area contributed by atoms with Gasteiger partial charge in [-0.2, -0.15) is 5.10 Å². The van der Waals surface area contributed by atoms with Crippen molar-refractivity contribution in [1.82, 2.24) is 20.4 Å². The number of aromatic hydroxyl groups is 1. The number of carbonyl (C=O) groups is 4. The summed E-state index contributed by atoms with van der Waals surface area (Å²) in [5.41, 5.74) is 1.10. The Labute approximate surface area is 210 Å². The summed E-state index contributed by atoms with van der Waals surface area (Å²) in [6, 6.07) is 4.52. The Kier molecular flexibility index (Phi) is 10.4. The number of hydrogen-bond acceptors (Lipinski definition) is 8. The summed E-state index contributed by atoms with van der Waals surface area (Å²) >= 11 is 0. The van der Waals surface area contributed by atoms with Crippen LogP contribution in [0.25, 0.3) is 5.69 Å². The van der Waals surface area contributed by atoms with Crippen molar-refractivity contribution in [1.29, 1.82) is 0 Å². The van der Waals surface area contributed by atoms with Gasteiger partial charge in [0.1, 0.15) is 23.5 Å². The van der Waals surface area contributed by atoms with Crippen LogP contribution in [0, 0.1) is 12.8 Å². The lowest BCUT2D eigenvalue weighted by molar-refractivity contribution is -0.149. The van der Waals surface area contributed by atoms with Crippen molar-refractivity contribution in [2.75, 3.05) is 13.2 Å². The lowest BCUT2D eigenvalue weighted by Crippen LogP contribution is -2.54. The maximum atomic E-state index is 13.1. The first-order chi connectivity index (χ1) is 17.1. The van der Waals surface area contributed by atoms with Crippen LogP contribution in [0.15, 0.2) is 30.5 Å². The van der Waals surface area contributed by atoms with Gasteiger partial charge in [-0.15, -0.1) is 0 Å². The number of para-hydroxylation sites is 2. The second kappa shape index (κ2) is 13.3. The van der Waals surface area contributed by atoms with Crippen molar-refractivity contribution in [3.63, 3.8) is 0 Å². The van der Waals surface area contributed by atoms with Gasteiger partial charge in [-0.3, -0.25) is 14.4 Å². The van der Waals surface area contributed by atoms with Crippen LogP contribution >= 0.6 is 0 Å². The molecule has 0 saturated carbocycles. The molecule has 2 amide bonds. The summed E-state index contributed by atoms with van der Waals surface area (Å²) in [5, 5.41) is 19.6. The normalized spacial score (nSPS) is 12.5. The van der Waals surface area contributed by atoms with Crippen molar-refractivity contribution in [2.45, 2.75) is 59.5 Å². The first-order valence-electron chi connectivity index (χ1n) is 11.9. The van der Waals surface area contributed by atoms with E-state index in [4.69, 9.17) is 9.47 Å². The average molecular weight is 503 g/mol. The Morgan fingerprint density at radius 3 is 2.33 bits per heavy atom. The van der Waals surface area contributed by atoms with E-state index >= 15 is 0 Å². The summed E-state index contributed by atoms with van der Waals surface area (Å²) in [5.74, 6) is -2.62. The van der Waals surface area contributed by atoms with Crippen LogP contribution in [0.4, 0.5) is 0 Å². The van der Waals surface area contributed by atoms with Crippen LogP contribution in [0.5, 0.6) is 5.75 Å². The van der Waals surface area contributed by atoms with Crippen molar-refractivity contribution < 1.29 is 33.8 Å². The fraction of sp³-hybridized carbons (Fsp3) is 0.480. The molecule has 1 aromatic heterocycles. The van der Waals surface area contributed by atoms with Gasteiger partial charge in [-0.05, 0) is 45.2 Å². The lowest BCUT2D eigenvalue weighted by Gasteiger charge is -2.24. The third-order valence-electron chi connectivity index (χ3n) is 5.43. The molecule has 0 aliphatic heterocycles. The minimum atomic E-state index is -1.08. The maximum absolute atomic E-state index is 13.1. The molecule has 0 spiro atoms. The monoisotopic (exact) mass is 502 g/mol. The molecule has 0 saturated heterocycles. The number of amides is 2. The zero-order valence-corrected chi connectivity index (χ0v) is 21.2. The average Bonchev–Trinajstić information content (AvgIpc) is 3.21. The number of ether oxygens (including phenoxy) is 2. The Morgan fingerprint density at radius 1 is 1.06 bits per heavy atom. The molecule has 1 aromatic carbocycles. The molecule has 1 heterocycles. The Morgan fingerprint density at radius 2 is 1.72 bits per heavy atom. The molecule has 196 valence electrons. The van der Waals surface area contributed by atoms with Crippen molar-refractivity contribution in [2.24, 2.45) is 5.92 Å². The summed E-state index contributed by atoms with van der Waals surface area (Å²) in [6.07, 6.45) is 1.27. The van der Waals surface area contributed by atoms with Crippen molar-refractivity contribution in [3.8, 4) is 11.4 Å². The zero-order valence-electron chi connectivity index (χ0n) is 21.2. The predicted octanol–water partition coefficient (Wildman–Crippen LogP) is 2.03. The van der Waals surface area contributed by atoms with Gasteiger partial charge < -0.3 is 25.2 Å². The summed E-state index contributed by atoms with van der Waals surface area (Å²) in [6.45, 7) is 8.79. The van der Waals surface area contributed by atoms with E-state index in [1.54, 1.807) is 52.8 Å². The van der Waals surface area contributed by atoms with Crippen LogP contribution in [0.3, 0.4) is 0 Å². The van der Waals surface area contributed by atoms with E-state index < -0.39 is 35.8 Å². The predicted molar refractivity (Wildman–Crippen MR) is 130 cm³/mol. The topological polar surface area (TPSA) is 149 Å². The third-order valence-corrected chi connectivity index (χ3v) is 5.43. The van der Waals surface area contributed by atoms with E-state index in [1.807, 2.05) is 0 Å². The fourth-order valence-electron chi connectivity index (χ4n) is 3.52. The second-order valence-electron chi connectivity index (χ2n) is 8.40. The molecular weight excluding hydrogens is 468 g/mol. The van der Waals surface area contributed by atoms with E-state index in [1.165, 1.54) is 16.9 Å². The van der Waals surface area contributed by atoms with Gasteiger partial charge in [0.15, 0.2) is 0 Å². The van der Waals surface area contributed by atoms with Crippen LogP contribution in [0.1, 0.15) is 56.6 Å².